The normalized spacial score (nSPS) is 17.7. The molecule has 0 atom stereocenters. The van der Waals surface area contributed by atoms with E-state index < -0.39 is 11.7 Å². The molecule has 4 rings (SSSR count). The van der Waals surface area contributed by atoms with Gasteiger partial charge in [-0.15, -0.1) is 10.2 Å². The van der Waals surface area contributed by atoms with Gasteiger partial charge in [-0.25, -0.2) is 0 Å². The van der Waals surface area contributed by atoms with E-state index in [0.717, 1.165) is 36.1 Å². The summed E-state index contributed by atoms with van der Waals surface area (Å²) in [4.78, 5) is 0. The van der Waals surface area contributed by atoms with Gasteiger partial charge in [0.1, 0.15) is 11.4 Å². The lowest BCUT2D eigenvalue weighted by Gasteiger charge is -2.27. The van der Waals surface area contributed by atoms with Crippen LogP contribution in [0.4, 0.5) is 13.2 Å². The average Bonchev–Trinajstić information content (AvgIpc) is 3.38. The van der Waals surface area contributed by atoms with Crippen LogP contribution in [-0.2, 0) is 28.7 Å². The smallest absolute Gasteiger partial charge is 0.416 e. The minimum absolute atomic E-state index is 0.0295. The van der Waals surface area contributed by atoms with Gasteiger partial charge in [-0.1, -0.05) is 11.6 Å². The van der Waals surface area contributed by atoms with Gasteiger partial charge in [0.25, 0.3) is 0 Å². The largest absolute Gasteiger partial charge is 0.467 e. The minimum Gasteiger partial charge on any atom is -0.467 e. The lowest BCUT2D eigenvalue weighted by molar-refractivity contribution is -0.137. The molecule has 2 heterocycles. The van der Waals surface area contributed by atoms with Gasteiger partial charge >= 0.3 is 6.18 Å². The van der Waals surface area contributed by atoms with Gasteiger partial charge in [0.2, 0.25) is 0 Å². The summed E-state index contributed by atoms with van der Waals surface area (Å²) in [6.45, 7) is 0.121. The van der Waals surface area contributed by atoms with E-state index in [1.165, 1.54) is 13.2 Å². The first-order valence-corrected chi connectivity index (χ1v) is 8.72. The monoisotopic (exact) mass is 400 g/mol. The van der Waals surface area contributed by atoms with Crippen LogP contribution in [0.2, 0.25) is 5.15 Å². The molecule has 1 aromatic carbocycles. The highest BCUT2D eigenvalue weighted by molar-refractivity contribution is 6.30. The number of ether oxygens (including phenoxy) is 3. The molecule has 9 heteroatoms. The van der Waals surface area contributed by atoms with Crippen molar-refractivity contribution in [2.45, 2.75) is 37.6 Å². The Hall–Kier alpha value is -1.90. The molecule has 144 valence electrons. The van der Waals surface area contributed by atoms with E-state index in [9.17, 15) is 13.2 Å². The standard InChI is InChI=1S/C18H16ClF3N2O3/c1-25-9-26-14-6-10(18(20,21)22)2-3-11(14)15-12-7-17(4-5-17)27-8-13(12)16(19)24-23-15/h2-3,6H,4-5,7-9H2,1H3. The molecule has 1 fully saturated rings. The number of rotatable bonds is 4. The highest BCUT2D eigenvalue weighted by Crippen LogP contribution is 2.49. The number of alkyl halides is 3. The summed E-state index contributed by atoms with van der Waals surface area (Å²) in [6, 6.07) is 3.30. The van der Waals surface area contributed by atoms with Crippen molar-refractivity contribution < 1.29 is 27.4 Å². The van der Waals surface area contributed by atoms with Crippen LogP contribution in [0.3, 0.4) is 0 Å². The first-order chi connectivity index (χ1) is 12.8. The van der Waals surface area contributed by atoms with Gasteiger partial charge in [0.05, 0.1) is 17.8 Å². The second-order valence-corrected chi connectivity index (χ2v) is 7.06. The van der Waals surface area contributed by atoms with E-state index >= 15 is 0 Å². The molecule has 1 aliphatic carbocycles. The Morgan fingerprint density at radius 1 is 1.22 bits per heavy atom. The Balaban J connectivity index is 1.83. The Labute approximate surface area is 158 Å². The molecule has 0 radical (unpaired) electrons. The molecule has 1 aliphatic heterocycles. The number of methoxy groups -OCH3 is 1. The number of aromatic nitrogens is 2. The minimum atomic E-state index is -4.49. The van der Waals surface area contributed by atoms with E-state index in [-0.39, 0.29) is 23.3 Å². The van der Waals surface area contributed by atoms with Crippen molar-refractivity contribution in [1.82, 2.24) is 10.2 Å². The summed E-state index contributed by atoms with van der Waals surface area (Å²) in [7, 11) is 1.39. The topological polar surface area (TPSA) is 53.5 Å². The van der Waals surface area contributed by atoms with E-state index in [0.29, 0.717) is 24.3 Å². The highest BCUT2D eigenvalue weighted by atomic mass is 35.5. The van der Waals surface area contributed by atoms with Gasteiger partial charge in [-0.05, 0) is 36.6 Å². The first-order valence-electron chi connectivity index (χ1n) is 8.34. The fourth-order valence-corrected chi connectivity index (χ4v) is 3.44. The molecule has 2 aromatic rings. The van der Waals surface area contributed by atoms with Crippen molar-refractivity contribution in [3.8, 4) is 17.0 Å². The molecule has 0 bridgehead atoms. The Bertz CT molecular complexity index is 885. The Morgan fingerprint density at radius 3 is 2.67 bits per heavy atom. The van der Waals surface area contributed by atoms with Gasteiger partial charge < -0.3 is 14.2 Å². The molecule has 5 nitrogen and oxygen atoms in total. The maximum Gasteiger partial charge on any atom is 0.416 e. The van der Waals surface area contributed by atoms with Crippen LogP contribution in [0.15, 0.2) is 18.2 Å². The van der Waals surface area contributed by atoms with Crippen LogP contribution >= 0.6 is 11.6 Å². The number of hydrogen-bond donors (Lipinski definition) is 0. The molecule has 0 saturated heterocycles. The number of fused-ring (bicyclic) bond motifs is 1. The van der Waals surface area contributed by atoms with Crippen LogP contribution in [0.5, 0.6) is 5.75 Å². The van der Waals surface area contributed by atoms with E-state index in [1.807, 2.05) is 0 Å². The second-order valence-electron chi connectivity index (χ2n) is 6.70. The van der Waals surface area contributed by atoms with Crippen molar-refractivity contribution in [1.29, 1.82) is 0 Å². The van der Waals surface area contributed by atoms with Gasteiger partial charge in [-0.3, -0.25) is 0 Å². The maximum absolute atomic E-state index is 13.1. The zero-order chi connectivity index (χ0) is 19.2. The van der Waals surface area contributed by atoms with Gasteiger partial charge in [0, 0.05) is 24.7 Å². The summed E-state index contributed by atoms with van der Waals surface area (Å²) in [5.41, 5.74) is 1.42. The van der Waals surface area contributed by atoms with E-state index in [1.54, 1.807) is 0 Å². The second kappa shape index (κ2) is 6.61. The predicted octanol–water partition coefficient (Wildman–Crippen LogP) is 4.40. The zero-order valence-electron chi connectivity index (χ0n) is 14.4. The summed E-state index contributed by atoms with van der Waals surface area (Å²) in [5, 5.41) is 8.38. The van der Waals surface area contributed by atoms with Crippen molar-refractivity contribution in [2.75, 3.05) is 13.9 Å². The van der Waals surface area contributed by atoms with Crippen molar-refractivity contribution in [3.05, 3.63) is 40.0 Å². The summed E-state index contributed by atoms with van der Waals surface area (Å²) in [5.74, 6) is 0.0295. The number of benzene rings is 1. The third-order valence-electron chi connectivity index (χ3n) is 4.86. The van der Waals surface area contributed by atoms with Crippen LogP contribution in [0, 0.1) is 0 Å². The molecular formula is C18H16ClF3N2O3. The molecule has 1 spiro atoms. The van der Waals surface area contributed by atoms with Crippen molar-refractivity contribution in [2.24, 2.45) is 0 Å². The lowest BCUT2D eigenvalue weighted by atomic mass is 9.93. The predicted molar refractivity (Wildman–Crippen MR) is 90.4 cm³/mol. The SMILES string of the molecule is COCOc1cc(C(F)(F)F)ccc1-c1nnc(Cl)c2c1CC1(CC1)OC2. The van der Waals surface area contributed by atoms with E-state index in [4.69, 9.17) is 25.8 Å². The van der Waals surface area contributed by atoms with Gasteiger partial charge in [-0.2, -0.15) is 13.2 Å². The van der Waals surface area contributed by atoms with Crippen molar-refractivity contribution >= 4 is 11.6 Å². The quantitative estimate of drug-likeness (QED) is 0.712. The van der Waals surface area contributed by atoms with Gasteiger partial charge in [0.15, 0.2) is 11.9 Å². The average molecular weight is 401 g/mol. The Kier molecular flexibility index (Phi) is 4.52. The van der Waals surface area contributed by atoms with Crippen LogP contribution in [-0.4, -0.2) is 29.7 Å². The number of hydrogen-bond acceptors (Lipinski definition) is 5. The molecular weight excluding hydrogens is 385 g/mol. The number of halogens is 4. The third kappa shape index (κ3) is 3.49. The molecule has 0 amide bonds. The fraction of sp³-hybridized carbons (Fsp3) is 0.444. The van der Waals surface area contributed by atoms with E-state index in [2.05, 4.69) is 10.2 Å². The number of nitrogens with zero attached hydrogens (tertiary/aromatic N) is 2. The summed E-state index contributed by atoms with van der Waals surface area (Å²) < 4.78 is 55.5. The molecule has 2 aliphatic rings. The zero-order valence-corrected chi connectivity index (χ0v) is 15.2. The summed E-state index contributed by atoms with van der Waals surface area (Å²) in [6.07, 6.45) is -2.02. The highest BCUT2D eigenvalue weighted by Gasteiger charge is 2.48. The van der Waals surface area contributed by atoms with Crippen LogP contribution < -0.4 is 4.74 Å². The molecule has 1 saturated carbocycles. The molecule has 1 aromatic heterocycles. The molecule has 0 N–H and O–H groups in total. The van der Waals surface area contributed by atoms with Crippen LogP contribution in [0.25, 0.3) is 11.3 Å². The summed E-state index contributed by atoms with van der Waals surface area (Å²) >= 11 is 6.17. The third-order valence-corrected chi connectivity index (χ3v) is 5.17. The lowest BCUT2D eigenvalue weighted by Crippen LogP contribution is -2.25. The molecule has 0 unspecified atom stereocenters. The maximum atomic E-state index is 13.1. The van der Waals surface area contributed by atoms with Crippen molar-refractivity contribution in [3.63, 3.8) is 0 Å². The van der Waals surface area contributed by atoms with Crippen LogP contribution in [0.1, 0.15) is 29.5 Å². The molecule has 27 heavy (non-hydrogen) atoms. The fourth-order valence-electron chi connectivity index (χ4n) is 3.23. The first kappa shape index (κ1) is 18.5. The Morgan fingerprint density at radius 2 is 2.00 bits per heavy atom.